The van der Waals surface area contributed by atoms with Gasteiger partial charge in [0, 0.05) is 25.1 Å². The van der Waals surface area contributed by atoms with Gasteiger partial charge in [-0.3, -0.25) is 19.2 Å². The third-order valence-electron chi connectivity index (χ3n) is 8.08. The molecule has 0 unspecified atom stereocenters. The summed E-state index contributed by atoms with van der Waals surface area (Å²) in [6.45, 7) is -0.149. The lowest BCUT2D eigenvalue weighted by molar-refractivity contribution is -0.146. The number of hydrogen-bond donors (Lipinski definition) is 3. The van der Waals surface area contributed by atoms with Crippen molar-refractivity contribution >= 4 is 40.2 Å². The number of amides is 3. The molecular formula is C34H37N3O6. The summed E-state index contributed by atoms with van der Waals surface area (Å²) in [6, 6.07) is 19.5. The molecular weight excluding hydrogens is 546 g/mol. The largest absolute Gasteiger partial charge is 0.463 e. The maximum Gasteiger partial charge on any atom is 0.305 e. The number of nitrogens with one attached hydrogen (secondary N) is 2. The van der Waals surface area contributed by atoms with Crippen molar-refractivity contribution in [2.45, 2.75) is 57.2 Å². The predicted molar refractivity (Wildman–Crippen MR) is 163 cm³/mol. The molecule has 3 N–H and O–H groups in total. The zero-order valence-electron chi connectivity index (χ0n) is 24.0. The molecule has 0 spiro atoms. The van der Waals surface area contributed by atoms with Gasteiger partial charge < -0.3 is 25.4 Å². The fourth-order valence-corrected chi connectivity index (χ4v) is 5.61. The molecule has 0 fully saturated rings. The topological polar surface area (TPSA) is 125 Å². The number of esters is 1. The summed E-state index contributed by atoms with van der Waals surface area (Å²) in [7, 11) is 0. The molecule has 0 radical (unpaired) electrons. The highest BCUT2D eigenvalue weighted by atomic mass is 16.5. The van der Waals surface area contributed by atoms with Gasteiger partial charge in [0.2, 0.25) is 11.8 Å². The first-order valence-corrected chi connectivity index (χ1v) is 14.8. The fraction of sp³-hybridized carbons (Fsp3) is 0.353. The molecule has 3 aromatic rings. The van der Waals surface area contributed by atoms with Crippen LogP contribution in [-0.4, -0.2) is 59.0 Å². The summed E-state index contributed by atoms with van der Waals surface area (Å²) in [4.78, 5) is 54.5. The summed E-state index contributed by atoms with van der Waals surface area (Å²) in [5.41, 5.74) is 2.66. The Balaban J connectivity index is 1.32. The minimum absolute atomic E-state index is 0.0896. The van der Waals surface area contributed by atoms with Crippen LogP contribution in [0.2, 0.25) is 0 Å². The summed E-state index contributed by atoms with van der Waals surface area (Å²) in [5, 5.41) is 17.6. The van der Waals surface area contributed by atoms with Crippen molar-refractivity contribution < 1.29 is 29.0 Å². The third kappa shape index (κ3) is 7.67. The quantitative estimate of drug-likeness (QED) is 0.309. The standard InChI is InChI=1S/C34H37N3O6/c38-21-29-18-25-11-7-8-13-27(25)20-37(29)31(39)19-26-12-3-1-2-4-14-32(40)43-22-30(36-33(26)41)34(42)35-28-16-15-23-9-5-6-10-24(23)17-28/h1,3,5-11,13,15-17,26,29-30,38H,2,4,12,14,18-22H2,(H,35,42)(H,36,41)/t26-,29+,30+/m1/s1. The Morgan fingerprint density at radius 1 is 0.977 bits per heavy atom. The molecule has 0 bridgehead atoms. The number of hydrogen-bond acceptors (Lipinski definition) is 6. The van der Waals surface area contributed by atoms with Gasteiger partial charge in [0.25, 0.3) is 5.91 Å². The highest BCUT2D eigenvalue weighted by molar-refractivity contribution is 5.99. The van der Waals surface area contributed by atoms with Gasteiger partial charge in [0.15, 0.2) is 0 Å². The van der Waals surface area contributed by atoms with E-state index in [9.17, 15) is 24.3 Å². The molecule has 5 rings (SSSR count). The zero-order chi connectivity index (χ0) is 30.2. The number of allylic oxidation sites excluding steroid dienone is 2. The Kier molecular flexibility index (Phi) is 9.84. The molecule has 3 aromatic carbocycles. The van der Waals surface area contributed by atoms with Crippen molar-refractivity contribution in [2.24, 2.45) is 5.92 Å². The molecule has 2 aliphatic rings. The lowest BCUT2D eigenvalue weighted by atomic mass is 9.92. The van der Waals surface area contributed by atoms with Gasteiger partial charge >= 0.3 is 5.97 Å². The minimum Gasteiger partial charge on any atom is -0.463 e. The van der Waals surface area contributed by atoms with Crippen LogP contribution in [0.4, 0.5) is 5.69 Å². The maximum atomic E-state index is 13.6. The second-order valence-electron chi connectivity index (χ2n) is 11.1. The molecule has 0 saturated carbocycles. The lowest BCUT2D eigenvalue weighted by Crippen LogP contribution is -2.50. The predicted octanol–water partition coefficient (Wildman–Crippen LogP) is 3.89. The van der Waals surface area contributed by atoms with E-state index >= 15 is 0 Å². The third-order valence-corrected chi connectivity index (χ3v) is 8.08. The van der Waals surface area contributed by atoms with Gasteiger partial charge in [-0.25, -0.2) is 0 Å². The van der Waals surface area contributed by atoms with Crippen LogP contribution in [0.25, 0.3) is 10.8 Å². The van der Waals surface area contributed by atoms with Crippen molar-refractivity contribution in [1.29, 1.82) is 0 Å². The molecule has 43 heavy (non-hydrogen) atoms. The number of rotatable bonds is 5. The highest BCUT2D eigenvalue weighted by Crippen LogP contribution is 2.26. The average Bonchev–Trinajstić information content (AvgIpc) is 3.03. The molecule has 9 heteroatoms. The normalized spacial score (nSPS) is 21.4. The van der Waals surface area contributed by atoms with Crippen molar-refractivity contribution in [2.75, 3.05) is 18.5 Å². The number of nitrogens with zero attached hydrogens (tertiary/aromatic N) is 1. The van der Waals surface area contributed by atoms with Gasteiger partial charge in [-0.05, 0) is 59.7 Å². The first-order chi connectivity index (χ1) is 20.9. The van der Waals surface area contributed by atoms with Gasteiger partial charge in [-0.1, -0.05) is 66.7 Å². The Morgan fingerprint density at radius 2 is 1.74 bits per heavy atom. The highest BCUT2D eigenvalue weighted by Gasteiger charge is 2.33. The van der Waals surface area contributed by atoms with Crippen LogP contribution >= 0.6 is 0 Å². The number of carbonyl (C=O) groups is 4. The number of anilines is 1. The van der Waals surface area contributed by atoms with Gasteiger partial charge in [0.05, 0.1) is 18.6 Å². The zero-order valence-corrected chi connectivity index (χ0v) is 24.0. The van der Waals surface area contributed by atoms with E-state index in [1.807, 2.05) is 72.8 Å². The van der Waals surface area contributed by atoms with Crippen LogP contribution in [0, 0.1) is 5.92 Å². The van der Waals surface area contributed by atoms with Crippen molar-refractivity contribution in [3.8, 4) is 0 Å². The lowest BCUT2D eigenvalue weighted by Gasteiger charge is -2.36. The molecule has 9 nitrogen and oxygen atoms in total. The second-order valence-corrected chi connectivity index (χ2v) is 11.1. The number of aliphatic hydroxyl groups excluding tert-OH is 1. The summed E-state index contributed by atoms with van der Waals surface area (Å²) in [6.07, 6.45) is 5.87. The molecule has 3 atom stereocenters. The van der Waals surface area contributed by atoms with E-state index in [1.165, 1.54) is 0 Å². The monoisotopic (exact) mass is 583 g/mol. The summed E-state index contributed by atoms with van der Waals surface area (Å²) >= 11 is 0. The van der Waals surface area contributed by atoms with Gasteiger partial charge in [-0.2, -0.15) is 0 Å². The van der Waals surface area contributed by atoms with E-state index in [4.69, 9.17) is 4.74 Å². The van der Waals surface area contributed by atoms with Crippen LogP contribution in [0.3, 0.4) is 0 Å². The number of cyclic esters (lactones) is 1. The van der Waals surface area contributed by atoms with Crippen LogP contribution in [0.5, 0.6) is 0 Å². The Bertz CT molecular complexity index is 1520. The molecule has 0 aliphatic carbocycles. The molecule has 2 aliphatic heterocycles. The smallest absolute Gasteiger partial charge is 0.305 e. The second kappa shape index (κ2) is 14.1. The van der Waals surface area contributed by atoms with Crippen LogP contribution in [0.1, 0.15) is 43.2 Å². The minimum atomic E-state index is -1.16. The van der Waals surface area contributed by atoms with Crippen LogP contribution in [0.15, 0.2) is 78.9 Å². The number of fused-ring (bicyclic) bond motifs is 2. The van der Waals surface area contributed by atoms with Crippen molar-refractivity contribution in [3.05, 3.63) is 90.0 Å². The van der Waals surface area contributed by atoms with Gasteiger partial charge in [0.1, 0.15) is 12.6 Å². The molecule has 2 heterocycles. The van der Waals surface area contributed by atoms with Crippen LogP contribution in [-0.2, 0) is 36.9 Å². The molecule has 0 aromatic heterocycles. The summed E-state index contributed by atoms with van der Waals surface area (Å²) < 4.78 is 5.38. The van der Waals surface area contributed by atoms with Crippen molar-refractivity contribution in [1.82, 2.24) is 10.2 Å². The Hall–Kier alpha value is -4.50. The maximum absolute atomic E-state index is 13.6. The summed E-state index contributed by atoms with van der Waals surface area (Å²) in [5.74, 6) is -2.45. The molecule has 0 saturated heterocycles. The van der Waals surface area contributed by atoms with E-state index in [1.54, 1.807) is 11.0 Å². The fourth-order valence-electron chi connectivity index (χ4n) is 5.61. The van der Waals surface area contributed by atoms with Crippen molar-refractivity contribution in [3.63, 3.8) is 0 Å². The number of carbonyl (C=O) groups excluding carboxylic acids is 4. The SMILES string of the molecule is O=C1CCCC=CC[C@H](CC(=O)N2Cc3ccccc3C[C@H]2CO)C(=O)N[C@H](C(=O)Nc2ccc3ccccc3c2)CO1. The Morgan fingerprint density at radius 3 is 2.56 bits per heavy atom. The number of benzene rings is 3. The molecule has 224 valence electrons. The van der Waals surface area contributed by atoms with E-state index in [-0.39, 0.29) is 38.0 Å². The molecule has 3 amide bonds. The number of aliphatic hydroxyl groups is 1. The van der Waals surface area contributed by atoms with Crippen LogP contribution < -0.4 is 10.6 Å². The first-order valence-electron chi connectivity index (χ1n) is 14.8. The van der Waals surface area contributed by atoms with Gasteiger partial charge in [-0.15, -0.1) is 0 Å². The van der Waals surface area contributed by atoms with E-state index < -0.39 is 29.7 Å². The van der Waals surface area contributed by atoms with E-state index in [0.717, 1.165) is 21.9 Å². The average molecular weight is 584 g/mol. The van der Waals surface area contributed by atoms with E-state index in [2.05, 4.69) is 10.6 Å². The first kappa shape index (κ1) is 30.0. The number of ether oxygens (including phenoxy) is 1. The Labute approximate surface area is 250 Å². The van der Waals surface area contributed by atoms with E-state index in [0.29, 0.717) is 37.9 Å².